The fourth-order valence-corrected chi connectivity index (χ4v) is 4.68. The molecule has 1 aromatic carbocycles. The van der Waals surface area contributed by atoms with Gasteiger partial charge >= 0.3 is 0 Å². The second-order valence-corrected chi connectivity index (χ2v) is 9.12. The highest BCUT2D eigenvalue weighted by Crippen LogP contribution is 2.48. The van der Waals surface area contributed by atoms with E-state index < -0.39 is 6.23 Å². The van der Waals surface area contributed by atoms with Crippen LogP contribution in [0, 0.1) is 6.92 Å². The maximum absolute atomic E-state index is 6.13. The van der Waals surface area contributed by atoms with E-state index in [1.54, 1.807) is 0 Å². The van der Waals surface area contributed by atoms with Crippen LogP contribution in [0.2, 0.25) is 0 Å². The maximum atomic E-state index is 6.13. The van der Waals surface area contributed by atoms with E-state index in [1.807, 2.05) is 51.8 Å². The number of aryl methyl sites for hydroxylation is 1. The number of rotatable bonds is 6. The largest absolute Gasteiger partial charge is 0.477 e. The number of ether oxygens (including phenoxy) is 2. The molecule has 1 atom stereocenters. The Morgan fingerprint density at radius 3 is 2.30 bits per heavy atom. The molecule has 0 saturated carbocycles. The zero-order chi connectivity index (χ0) is 23.7. The third-order valence-electron chi connectivity index (χ3n) is 5.20. The van der Waals surface area contributed by atoms with Crippen molar-refractivity contribution >= 4 is 34.3 Å². The lowest BCUT2D eigenvalue weighted by atomic mass is 9.92. The van der Waals surface area contributed by atoms with Crippen LogP contribution in [0.4, 0.5) is 5.95 Å². The van der Waals surface area contributed by atoms with Crippen molar-refractivity contribution in [2.75, 3.05) is 46.3 Å². The van der Waals surface area contributed by atoms with Crippen LogP contribution in [-0.2, 0) is 4.74 Å². The molecule has 0 spiro atoms. The van der Waals surface area contributed by atoms with E-state index in [0.717, 1.165) is 32.3 Å². The summed E-state index contributed by atoms with van der Waals surface area (Å²) < 4.78 is 12.2. The third kappa shape index (κ3) is 4.47. The van der Waals surface area contributed by atoms with Crippen LogP contribution in [-0.4, -0.2) is 73.5 Å². The van der Waals surface area contributed by atoms with Gasteiger partial charge in [0, 0.05) is 45.9 Å². The van der Waals surface area contributed by atoms with Crippen LogP contribution in [0.5, 0.6) is 5.88 Å². The van der Waals surface area contributed by atoms with Crippen LogP contribution in [0.15, 0.2) is 44.8 Å². The molecule has 4 rings (SSSR count). The van der Waals surface area contributed by atoms with Crippen LogP contribution in [0.1, 0.15) is 30.5 Å². The fourth-order valence-electron chi connectivity index (χ4n) is 3.64. The molecule has 0 bridgehead atoms. The number of fused-ring (bicyclic) bond motifs is 2. The molecule has 3 heterocycles. The molecule has 0 amide bonds. The van der Waals surface area contributed by atoms with Gasteiger partial charge in [-0.15, -0.1) is 0 Å². The zero-order valence-electron chi connectivity index (χ0n) is 20.2. The highest BCUT2D eigenvalue weighted by molar-refractivity contribution is 8.14. The molecule has 0 radical (unpaired) electrons. The molecule has 9 heteroatoms. The monoisotopic (exact) mass is 466 g/mol. The molecule has 1 unspecified atom stereocenters. The van der Waals surface area contributed by atoms with Gasteiger partial charge in [-0.05, 0) is 38.1 Å². The number of nitrogens with zero attached hydrogens (tertiary/aromatic N) is 6. The molecule has 0 aliphatic carbocycles. The minimum Gasteiger partial charge on any atom is -0.477 e. The standard InChI is InChI=1S/C24H30N6O2S/c1-8-31-19-17-16(15-12-10-14(3)11-13-15)18-20(32-9-2)26-24(30(6)7)28-22(18)33-21(17)27-23(25-19)29(4)5/h10-13,19H,8-9H2,1-7H3. The van der Waals surface area contributed by atoms with Crippen LogP contribution in [0.3, 0.4) is 0 Å². The topological polar surface area (TPSA) is 75.4 Å². The number of anilines is 1. The molecule has 1 aromatic heterocycles. The highest BCUT2D eigenvalue weighted by atomic mass is 32.2. The van der Waals surface area contributed by atoms with Crippen molar-refractivity contribution in [3.63, 3.8) is 0 Å². The summed E-state index contributed by atoms with van der Waals surface area (Å²) >= 11 is 1.51. The smallest absolute Gasteiger partial charge is 0.229 e. The van der Waals surface area contributed by atoms with E-state index in [0.29, 0.717) is 31.0 Å². The SMILES string of the molecule is CCOc1nc(N(C)C)nc2c1C(c1ccc(C)cc1)=C1C(=NC(N(C)C)=NC1OCC)S2. The average Bonchev–Trinajstić information content (AvgIpc) is 2.78. The van der Waals surface area contributed by atoms with E-state index in [1.165, 1.54) is 17.3 Å². The molecule has 174 valence electrons. The van der Waals surface area contributed by atoms with Crippen molar-refractivity contribution in [1.82, 2.24) is 14.9 Å². The Hall–Kier alpha value is -2.91. The van der Waals surface area contributed by atoms with Crippen molar-refractivity contribution in [3.8, 4) is 5.88 Å². The first-order valence-electron chi connectivity index (χ1n) is 11.0. The van der Waals surface area contributed by atoms with Crippen LogP contribution >= 0.6 is 11.8 Å². The molecule has 0 fully saturated rings. The van der Waals surface area contributed by atoms with Gasteiger partial charge in [0.15, 0.2) is 6.23 Å². The van der Waals surface area contributed by atoms with Gasteiger partial charge in [-0.2, -0.15) is 4.98 Å². The Balaban J connectivity index is 2.06. The first-order chi connectivity index (χ1) is 15.8. The summed E-state index contributed by atoms with van der Waals surface area (Å²) in [5, 5.41) is 1.64. The maximum Gasteiger partial charge on any atom is 0.229 e. The summed E-state index contributed by atoms with van der Waals surface area (Å²) in [6, 6.07) is 8.42. The van der Waals surface area contributed by atoms with Gasteiger partial charge in [0.1, 0.15) is 10.1 Å². The van der Waals surface area contributed by atoms with E-state index in [4.69, 9.17) is 29.4 Å². The minimum absolute atomic E-state index is 0.486. The van der Waals surface area contributed by atoms with Gasteiger partial charge in [0.05, 0.1) is 12.2 Å². The summed E-state index contributed by atoms with van der Waals surface area (Å²) in [5.41, 5.74) is 4.95. The van der Waals surface area contributed by atoms with E-state index in [-0.39, 0.29) is 0 Å². The highest BCUT2D eigenvalue weighted by Gasteiger charge is 2.38. The Labute approximate surface area is 199 Å². The lowest BCUT2D eigenvalue weighted by molar-refractivity contribution is 0.0975. The van der Waals surface area contributed by atoms with Gasteiger partial charge in [-0.3, -0.25) is 0 Å². The Morgan fingerprint density at radius 1 is 0.970 bits per heavy atom. The third-order valence-corrected chi connectivity index (χ3v) is 6.19. The van der Waals surface area contributed by atoms with Gasteiger partial charge in [0.25, 0.3) is 0 Å². The lowest BCUT2D eigenvalue weighted by Crippen LogP contribution is -2.33. The summed E-state index contributed by atoms with van der Waals surface area (Å²) in [4.78, 5) is 23.1. The van der Waals surface area contributed by atoms with Crippen molar-refractivity contribution in [1.29, 1.82) is 0 Å². The average molecular weight is 467 g/mol. The van der Waals surface area contributed by atoms with Crippen molar-refractivity contribution < 1.29 is 9.47 Å². The predicted molar refractivity (Wildman–Crippen MR) is 135 cm³/mol. The molecule has 2 aliphatic rings. The quantitative estimate of drug-likeness (QED) is 0.599. The number of benzene rings is 1. The Bertz CT molecular complexity index is 1140. The molecule has 2 aromatic rings. The molecule has 0 saturated heterocycles. The summed E-state index contributed by atoms with van der Waals surface area (Å²) in [7, 11) is 7.71. The number of aromatic nitrogens is 2. The number of guanidine groups is 1. The minimum atomic E-state index is -0.486. The molecule has 0 N–H and O–H groups in total. The van der Waals surface area contributed by atoms with Gasteiger partial charge in [-0.25, -0.2) is 15.0 Å². The van der Waals surface area contributed by atoms with Crippen molar-refractivity contribution in [3.05, 3.63) is 46.5 Å². The van der Waals surface area contributed by atoms with Gasteiger partial charge in [0.2, 0.25) is 17.8 Å². The summed E-state index contributed by atoms with van der Waals surface area (Å²) in [5.74, 6) is 1.77. The predicted octanol–water partition coefficient (Wildman–Crippen LogP) is 3.85. The van der Waals surface area contributed by atoms with E-state index >= 15 is 0 Å². The number of hydrogen-bond acceptors (Lipinski definition) is 9. The second-order valence-electron chi connectivity index (χ2n) is 8.14. The second kappa shape index (κ2) is 9.52. The molecule has 8 nitrogen and oxygen atoms in total. The first-order valence-corrected chi connectivity index (χ1v) is 11.8. The van der Waals surface area contributed by atoms with Crippen LogP contribution < -0.4 is 9.64 Å². The van der Waals surface area contributed by atoms with E-state index in [2.05, 4.69) is 31.2 Å². The number of thioether (sulfide) groups is 1. The van der Waals surface area contributed by atoms with Gasteiger partial charge in [-0.1, -0.05) is 29.8 Å². The van der Waals surface area contributed by atoms with Crippen molar-refractivity contribution in [2.24, 2.45) is 9.98 Å². The zero-order valence-corrected chi connectivity index (χ0v) is 21.0. The number of hydrogen-bond donors (Lipinski definition) is 0. The fraction of sp³-hybridized carbons (Fsp3) is 0.417. The molecule has 33 heavy (non-hydrogen) atoms. The number of aliphatic imine (C=N–C) groups is 2. The Morgan fingerprint density at radius 2 is 1.70 bits per heavy atom. The Kier molecular flexibility index (Phi) is 6.71. The summed E-state index contributed by atoms with van der Waals surface area (Å²) in [6.45, 7) is 7.04. The summed E-state index contributed by atoms with van der Waals surface area (Å²) in [6.07, 6.45) is -0.486. The lowest BCUT2D eigenvalue weighted by Gasteiger charge is -2.32. The normalized spacial score (nSPS) is 17.1. The van der Waals surface area contributed by atoms with Crippen molar-refractivity contribution in [2.45, 2.75) is 32.0 Å². The van der Waals surface area contributed by atoms with Crippen LogP contribution in [0.25, 0.3) is 5.57 Å². The molecule has 2 aliphatic heterocycles. The first kappa shape index (κ1) is 23.3. The van der Waals surface area contributed by atoms with Gasteiger partial charge < -0.3 is 19.3 Å². The molecular formula is C24H30N6O2S. The van der Waals surface area contributed by atoms with E-state index in [9.17, 15) is 0 Å². The molecular weight excluding hydrogens is 436 g/mol.